The van der Waals surface area contributed by atoms with Gasteiger partial charge in [0.2, 0.25) is 0 Å². The fourth-order valence-electron chi connectivity index (χ4n) is 1.97. The number of hydrogen-bond donors (Lipinski definition) is 1. The third kappa shape index (κ3) is 2.63. The van der Waals surface area contributed by atoms with Gasteiger partial charge >= 0.3 is 0 Å². The van der Waals surface area contributed by atoms with E-state index in [-0.39, 0.29) is 0 Å². The van der Waals surface area contributed by atoms with Crippen molar-refractivity contribution >= 4 is 22.8 Å². The Morgan fingerprint density at radius 2 is 2.00 bits per heavy atom. The predicted molar refractivity (Wildman–Crippen MR) is 79.4 cm³/mol. The van der Waals surface area contributed by atoms with Crippen LogP contribution in [0.5, 0.6) is 0 Å². The molecule has 2 heterocycles. The molecule has 96 valence electrons. The van der Waals surface area contributed by atoms with Crippen molar-refractivity contribution in [3.63, 3.8) is 0 Å². The number of aromatic nitrogens is 3. The van der Waals surface area contributed by atoms with Gasteiger partial charge in [-0.15, -0.1) is 0 Å². The van der Waals surface area contributed by atoms with E-state index >= 15 is 0 Å². The first-order chi connectivity index (χ1) is 9.22. The van der Waals surface area contributed by atoms with Crippen molar-refractivity contribution in [3.05, 3.63) is 53.5 Å². The molecule has 2 aromatic heterocycles. The number of thioether (sulfide) groups is 1. The van der Waals surface area contributed by atoms with Gasteiger partial charge in [-0.3, -0.25) is 0 Å². The lowest BCUT2D eigenvalue weighted by molar-refractivity contribution is 1.10. The second-order valence-electron chi connectivity index (χ2n) is 4.59. The van der Waals surface area contributed by atoms with Crippen LogP contribution in [0.1, 0.15) is 17.0 Å². The van der Waals surface area contributed by atoms with E-state index in [2.05, 4.69) is 40.9 Å². The molecule has 0 unspecified atom stereocenters. The van der Waals surface area contributed by atoms with E-state index in [9.17, 15) is 0 Å². The number of pyridine rings is 1. The van der Waals surface area contributed by atoms with Gasteiger partial charge in [0.25, 0.3) is 0 Å². The highest BCUT2D eigenvalue weighted by molar-refractivity contribution is 7.98. The van der Waals surface area contributed by atoms with Gasteiger partial charge in [-0.1, -0.05) is 17.8 Å². The summed E-state index contributed by atoms with van der Waals surface area (Å²) in [5.74, 6) is 1.81. The molecule has 0 aliphatic heterocycles. The van der Waals surface area contributed by atoms with E-state index in [1.165, 1.54) is 11.1 Å². The molecule has 0 bridgehead atoms. The van der Waals surface area contributed by atoms with Gasteiger partial charge in [-0.25, -0.2) is 9.97 Å². The maximum absolute atomic E-state index is 4.63. The number of rotatable bonds is 3. The number of aromatic amines is 1. The molecule has 3 rings (SSSR count). The summed E-state index contributed by atoms with van der Waals surface area (Å²) in [6.07, 6.45) is 1.81. The first-order valence-electron chi connectivity index (χ1n) is 6.22. The van der Waals surface area contributed by atoms with Gasteiger partial charge in [0.1, 0.15) is 5.82 Å². The molecule has 0 amide bonds. The SMILES string of the molecule is Cc1cc2nc(CSc3ccccn3)[nH]c2cc1C. The minimum atomic E-state index is 0.809. The molecule has 0 radical (unpaired) electrons. The van der Waals surface area contributed by atoms with Crippen LogP contribution in [0.2, 0.25) is 0 Å². The van der Waals surface area contributed by atoms with Crippen molar-refractivity contribution in [2.24, 2.45) is 0 Å². The summed E-state index contributed by atoms with van der Waals surface area (Å²) in [4.78, 5) is 12.3. The average Bonchev–Trinajstić information content (AvgIpc) is 2.80. The fraction of sp³-hybridized carbons (Fsp3) is 0.200. The van der Waals surface area contributed by atoms with Crippen LogP contribution in [0.3, 0.4) is 0 Å². The zero-order valence-corrected chi connectivity index (χ0v) is 11.8. The highest BCUT2D eigenvalue weighted by Gasteiger charge is 2.05. The highest BCUT2D eigenvalue weighted by Crippen LogP contribution is 2.22. The van der Waals surface area contributed by atoms with Gasteiger partial charge < -0.3 is 4.98 Å². The lowest BCUT2D eigenvalue weighted by Gasteiger charge is -1.97. The molecule has 0 saturated heterocycles. The van der Waals surface area contributed by atoms with Crippen LogP contribution in [0, 0.1) is 13.8 Å². The summed E-state index contributed by atoms with van der Waals surface area (Å²) < 4.78 is 0. The molecule has 0 aliphatic rings. The number of hydrogen-bond acceptors (Lipinski definition) is 3. The number of benzene rings is 1. The standard InChI is InChI=1S/C15H15N3S/c1-10-7-12-13(8-11(10)2)18-14(17-12)9-19-15-5-3-4-6-16-15/h3-8H,9H2,1-2H3,(H,17,18). The summed E-state index contributed by atoms with van der Waals surface area (Å²) in [5, 5.41) is 1.02. The maximum atomic E-state index is 4.63. The molecular formula is C15H15N3S. The topological polar surface area (TPSA) is 41.6 Å². The molecule has 0 saturated carbocycles. The molecule has 0 atom stereocenters. The lowest BCUT2D eigenvalue weighted by Crippen LogP contribution is -1.84. The highest BCUT2D eigenvalue weighted by atomic mass is 32.2. The largest absolute Gasteiger partial charge is 0.341 e. The molecule has 4 heteroatoms. The normalized spacial score (nSPS) is 11.1. The van der Waals surface area contributed by atoms with Crippen molar-refractivity contribution < 1.29 is 0 Å². The van der Waals surface area contributed by atoms with Crippen LogP contribution >= 0.6 is 11.8 Å². The molecule has 3 aromatic rings. The Bertz CT molecular complexity index is 665. The quantitative estimate of drug-likeness (QED) is 0.734. The van der Waals surface area contributed by atoms with E-state index in [0.29, 0.717) is 0 Å². The number of aryl methyl sites for hydroxylation is 2. The number of fused-ring (bicyclic) bond motifs is 1. The molecule has 0 spiro atoms. The Balaban J connectivity index is 1.82. The second-order valence-corrected chi connectivity index (χ2v) is 5.59. The number of imidazole rings is 1. The van der Waals surface area contributed by atoms with Crippen LogP contribution in [0.15, 0.2) is 41.6 Å². The Labute approximate surface area is 116 Å². The number of nitrogens with zero attached hydrogens (tertiary/aromatic N) is 2. The monoisotopic (exact) mass is 269 g/mol. The van der Waals surface area contributed by atoms with Crippen LogP contribution in [0.4, 0.5) is 0 Å². The van der Waals surface area contributed by atoms with Crippen LogP contribution in [-0.2, 0) is 5.75 Å². The van der Waals surface area contributed by atoms with Gasteiger partial charge in [0, 0.05) is 6.20 Å². The van der Waals surface area contributed by atoms with Crippen LogP contribution in [-0.4, -0.2) is 15.0 Å². The van der Waals surface area contributed by atoms with Crippen LogP contribution in [0.25, 0.3) is 11.0 Å². The smallest absolute Gasteiger partial charge is 0.117 e. The Morgan fingerprint density at radius 1 is 1.16 bits per heavy atom. The van der Waals surface area contributed by atoms with E-state index in [4.69, 9.17) is 0 Å². The average molecular weight is 269 g/mol. The van der Waals surface area contributed by atoms with Crippen molar-refractivity contribution in [1.29, 1.82) is 0 Å². The maximum Gasteiger partial charge on any atom is 0.117 e. The molecule has 1 aromatic carbocycles. The zero-order valence-electron chi connectivity index (χ0n) is 11.0. The van der Waals surface area contributed by atoms with Crippen molar-refractivity contribution in [2.45, 2.75) is 24.6 Å². The molecule has 1 N–H and O–H groups in total. The van der Waals surface area contributed by atoms with Gasteiger partial charge in [-0.2, -0.15) is 0 Å². The minimum Gasteiger partial charge on any atom is -0.341 e. The summed E-state index contributed by atoms with van der Waals surface area (Å²) in [5.41, 5.74) is 4.72. The van der Waals surface area contributed by atoms with E-state index in [1.54, 1.807) is 11.8 Å². The zero-order chi connectivity index (χ0) is 13.2. The first kappa shape index (κ1) is 12.2. The first-order valence-corrected chi connectivity index (χ1v) is 7.20. The van der Waals surface area contributed by atoms with Crippen molar-refractivity contribution in [3.8, 4) is 0 Å². The van der Waals surface area contributed by atoms with E-state index in [0.717, 1.165) is 27.6 Å². The second kappa shape index (κ2) is 5.05. The minimum absolute atomic E-state index is 0.809. The third-order valence-corrected chi connectivity index (χ3v) is 4.10. The molecule has 19 heavy (non-hydrogen) atoms. The summed E-state index contributed by atoms with van der Waals surface area (Å²) >= 11 is 1.69. The van der Waals surface area contributed by atoms with Gasteiger partial charge in [0.05, 0.1) is 21.8 Å². The fourth-order valence-corrected chi connectivity index (χ4v) is 2.70. The van der Waals surface area contributed by atoms with Gasteiger partial charge in [0.15, 0.2) is 0 Å². The van der Waals surface area contributed by atoms with Gasteiger partial charge in [-0.05, 0) is 49.2 Å². The predicted octanol–water partition coefficient (Wildman–Crippen LogP) is 3.87. The Morgan fingerprint density at radius 3 is 2.79 bits per heavy atom. The molecule has 0 aliphatic carbocycles. The molecule has 3 nitrogen and oxygen atoms in total. The molecule has 0 fully saturated rings. The van der Waals surface area contributed by atoms with E-state index in [1.807, 2.05) is 24.4 Å². The summed E-state index contributed by atoms with van der Waals surface area (Å²) in [6.45, 7) is 4.24. The number of H-pyrrole nitrogens is 1. The summed E-state index contributed by atoms with van der Waals surface area (Å²) in [7, 11) is 0. The van der Waals surface area contributed by atoms with Crippen molar-refractivity contribution in [2.75, 3.05) is 0 Å². The number of nitrogens with one attached hydrogen (secondary N) is 1. The van der Waals surface area contributed by atoms with Crippen LogP contribution < -0.4 is 0 Å². The summed E-state index contributed by atoms with van der Waals surface area (Å²) in [6, 6.07) is 10.2. The van der Waals surface area contributed by atoms with E-state index < -0.39 is 0 Å². The Hall–Kier alpha value is -1.81. The van der Waals surface area contributed by atoms with Crippen molar-refractivity contribution in [1.82, 2.24) is 15.0 Å². The Kier molecular flexibility index (Phi) is 3.25. The molecular weight excluding hydrogens is 254 g/mol. The lowest BCUT2D eigenvalue weighted by atomic mass is 10.1. The third-order valence-electron chi connectivity index (χ3n) is 3.14.